The molecule has 0 saturated heterocycles. The molecule has 0 heterocycles. The van der Waals surface area contributed by atoms with Gasteiger partial charge in [-0.2, -0.15) is 0 Å². The van der Waals surface area contributed by atoms with E-state index in [0.29, 0.717) is 0 Å². The molecule has 0 fully saturated rings. The van der Waals surface area contributed by atoms with Gasteiger partial charge in [-0.1, -0.05) is 67.7 Å². The lowest BCUT2D eigenvalue weighted by Gasteiger charge is -2.07. The van der Waals surface area contributed by atoms with Crippen molar-refractivity contribution in [3.8, 4) is 0 Å². The van der Waals surface area contributed by atoms with Crippen molar-refractivity contribution in [2.75, 3.05) is 0 Å². The van der Waals surface area contributed by atoms with Crippen molar-refractivity contribution >= 4 is 65.0 Å². The first-order valence-corrected chi connectivity index (χ1v) is 7.09. The molecule has 3 rings (SSSR count). The van der Waals surface area contributed by atoms with Crippen LogP contribution in [-0.2, 0) is 0 Å². The van der Waals surface area contributed by atoms with E-state index in [-0.39, 0.29) is 0 Å². The van der Waals surface area contributed by atoms with Crippen LogP contribution < -0.4 is 0 Å². The largest absolute Gasteiger partial charge is 0.0836 e. The highest BCUT2D eigenvalue weighted by Crippen LogP contribution is 2.36. The Labute approximate surface area is 121 Å². The summed E-state index contributed by atoms with van der Waals surface area (Å²) in [6, 6.07) is 14.4. The first-order chi connectivity index (χ1) is 8.16. The molecule has 0 unspecified atom stereocenters. The molecule has 0 aliphatic rings. The maximum absolute atomic E-state index is 6.35. The third-order valence-corrected chi connectivity index (χ3v) is 4.28. The van der Waals surface area contributed by atoms with Gasteiger partial charge in [-0.15, -0.1) is 0 Å². The summed E-state index contributed by atoms with van der Waals surface area (Å²) in [7, 11) is 0. The molecule has 0 amide bonds. The fourth-order valence-corrected chi connectivity index (χ4v) is 3.54. The molecule has 3 aromatic rings. The van der Waals surface area contributed by atoms with E-state index in [1.807, 2.05) is 18.2 Å². The minimum atomic E-state index is 0.776. The Bertz CT molecular complexity index is 735. The molecule has 17 heavy (non-hydrogen) atoms. The van der Waals surface area contributed by atoms with Gasteiger partial charge in [0.2, 0.25) is 0 Å². The number of halogens is 3. The van der Waals surface area contributed by atoms with Crippen LogP contribution in [0.5, 0.6) is 0 Å². The Morgan fingerprint density at radius 3 is 2.53 bits per heavy atom. The number of hydrogen-bond donors (Lipinski definition) is 0. The molecule has 0 aliphatic heterocycles. The van der Waals surface area contributed by atoms with Gasteiger partial charge >= 0.3 is 0 Å². The molecule has 0 radical (unpaired) electrons. The van der Waals surface area contributed by atoms with Crippen LogP contribution in [0.4, 0.5) is 0 Å². The average molecular weight is 370 g/mol. The summed E-state index contributed by atoms with van der Waals surface area (Å²) in [6.07, 6.45) is 0. The minimum absolute atomic E-state index is 0.776. The zero-order valence-electron chi connectivity index (χ0n) is 8.68. The summed E-state index contributed by atoms with van der Waals surface area (Å²) in [6.45, 7) is 0. The topological polar surface area (TPSA) is 0 Å². The van der Waals surface area contributed by atoms with Gasteiger partial charge in [0, 0.05) is 14.3 Å². The SMILES string of the molecule is Clc1cc(Br)cc2ccc3c(Br)cccc3c12. The van der Waals surface area contributed by atoms with Crippen LogP contribution in [0.3, 0.4) is 0 Å². The van der Waals surface area contributed by atoms with Gasteiger partial charge in [0.25, 0.3) is 0 Å². The maximum Gasteiger partial charge on any atom is 0.0501 e. The lowest BCUT2D eigenvalue weighted by Crippen LogP contribution is -1.80. The van der Waals surface area contributed by atoms with Crippen LogP contribution >= 0.6 is 43.5 Å². The molecule has 0 N–H and O–H groups in total. The first-order valence-electron chi connectivity index (χ1n) is 5.13. The predicted molar refractivity (Wildman–Crippen MR) is 81.9 cm³/mol. The number of fused-ring (bicyclic) bond motifs is 3. The second kappa shape index (κ2) is 4.27. The molecule has 0 spiro atoms. The third kappa shape index (κ3) is 1.88. The molecule has 0 aromatic heterocycles. The van der Waals surface area contributed by atoms with Crippen LogP contribution in [0.2, 0.25) is 5.02 Å². The van der Waals surface area contributed by atoms with E-state index in [4.69, 9.17) is 11.6 Å². The van der Waals surface area contributed by atoms with Gasteiger partial charge in [0.15, 0.2) is 0 Å². The first kappa shape index (κ1) is 11.5. The van der Waals surface area contributed by atoms with Gasteiger partial charge in [-0.3, -0.25) is 0 Å². The van der Waals surface area contributed by atoms with Crippen LogP contribution in [-0.4, -0.2) is 0 Å². The van der Waals surface area contributed by atoms with E-state index in [1.165, 1.54) is 10.8 Å². The third-order valence-electron chi connectivity index (χ3n) is 2.84. The molecule has 0 nitrogen and oxygen atoms in total. The van der Waals surface area contributed by atoms with Crippen molar-refractivity contribution in [1.29, 1.82) is 0 Å². The van der Waals surface area contributed by atoms with E-state index in [2.05, 4.69) is 56.1 Å². The van der Waals surface area contributed by atoms with Crippen LogP contribution in [0.25, 0.3) is 21.5 Å². The summed E-state index contributed by atoms with van der Waals surface area (Å²) >= 11 is 13.4. The lowest BCUT2D eigenvalue weighted by molar-refractivity contribution is 1.70. The summed E-state index contributed by atoms with van der Waals surface area (Å²) in [5.41, 5.74) is 0. The van der Waals surface area contributed by atoms with Crippen LogP contribution in [0.15, 0.2) is 51.4 Å². The molecule has 0 aliphatic carbocycles. The standard InChI is InChI=1S/C14H7Br2Cl/c15-9-6-8-4-5-10-11(2-1-3-12(10)16)14(8)13(17)7-9/h1-7H. The fraction of sp³-hybridized carbons (Fsp3) is 0. The van der Waals surface area contributed by atoms with Gasteiger partial charge in [0.1, 0.15) is 0 Å². The Hall–Kier alpha value is -0.570. The summed E-state index contributed by atoms with van der Waals surface area (Å²) in [4.78, 5) is 0. The maximum atomic E-state index is 6.35. The predicted octanol–water partition coefficient (Wildman–Crippen LogP) is 6.17. The molecular formula is C14H7Br2Cl. The van der Waals surface area contributed by atoms with Crippen molar-refractivity contribution in [2.24, 2.45) is 0 Å². The summed E-state index contributed by atoms with van der Waals surface area (Å²) < 4.78 is 2.10. The molecular weight excluding hydrogens is 363 g/mol. The smallest absolute Gasteiger partial charge is 0.0501 e. The minimum Gasteiger partial charge on any atom is -0.0836 e. The second-order valence-electron chi connectivity index (χ2n) is 3.89. The quantitative estimate of drug-likeness (QED) is 0.415. The molecule has 3 heteroatoms. The van der Waals surface area contributed by atoms with E-state index in [9.17, 15) is 0 Å². The van der Waals surface area contributed by atoms with Crippen molar-refractivity contribution in [3.05, 3.63) is 56.4 Å². The fourth-order valence-electron chi connectivity index (χ4n) is 2.11. The highest BCUT2D eigenvalue weighted by molar-refractivity contribution is 9.11. The normalized spacial score (nSPS) is 11.2. The Morgan fingerprint density at radius 2 is 1.71 bits per heavy atom. The monoisotopic (exact) mass is 368 g/mol. The van der Waals surface area contributed by atoms with Gasteiger partial charge < -0.3 is 0 Å². The molecule has 3 aromatic carbocycles. The summed E-state index contributed by atoms with van der Waals surface area (Å²) in [5, 5.41) is 5.39. The molecule has 0 saturated carbocycles. The van der Waals surface area contributed by atoms with E-state index >= 15 is 0 Å². The Balaban J connectivity index is 2.60. The zero-order valence-corrected chi connectivity index (χ0v) is 12.6. The van der Waals surface area contributed by atoms with Crippen LogP contribution in [0, 0.1) is 0 Å². The van der Waals surface area contributed by atoms with Gasteiger partial charge in [0.05, 0.1) is 5.02 Å². The van der Waals surface area contributed by atoms with Gasteiger partial charge in [-0.05, 0) is 34.4 Å². The van der Waals surface area contributed by atoms with Crippen molar-refractivity contribution < 1.29 is 0 Å². The van der Waals surface area contributed by atoms with Crippen LogP contribution in [0.1, 0.15) is 0 Å². The average Bonchev–Trinajstić information content (AvgIpc) is 2.28. The van der Waals surface area contributed by atoms with E-state index in [1.54, 1.807) is 0 Å². The van der Waals surface area contributed by atoms with Crippen molar-refractivity contribution in [2.45, 2.75) is 0 Å². The Kier molecular flexibility index (Phi) is 2.89. The molecule has 84 valence electrons. The zero-order chi connectivity index (χ0) is 12.0. The van der Waals surface area contributed by atoms with Gasteiger partial charge in [-0.25, -0.2) is 0 Å². The number of hydrogen-bond acceptors (Lipinski definition) is 0. The highest BCUT2D eigenvalue weighted by atomic mass is 79.9. The van der Waals surface area contributed by atoms with Crippen molar-refractivity contribution in [1.82, 2.24) is 0 Å². The van der Waals surface area contributed by atoms with Crippen molar-refractivity contribution in [3.63, 3.8) is 0 Å². The molecule has 0 bridgehead atoms. The lowest BCUT2D eigenvalue weighted by atomic mass is 10.0. The summed E-state index contributed by atoms with van der Waals surface area (Å²) in [5.74, 6) is 0. The number of benzene rings is 3. The number of rotatable bonds is 0. The van der Waals surface area contributed by atoms with E-state index in [0.717, 1.165) is 24.7 Å². The van der Waals surface area contributed by atoms with E-state index < -0.39 is 0 Å². The Morgan fingerprint density at radius 1 is 0.882 bits per heavy atom. The molecule has 0 atom stereocenters. The second-order valence-corrected chi connectivity index (χ2v) is 6.06. The highest BCUT2D eigenvalue weighted by Gasteiger charge is 2.07.